The fourth-order valence-corrected chi connectivity index (χ4v) is 2.48. The zero-order chi connectivity index (χ0) is 21.7. The van der Waals surface area contributed by atoms with E-state index in [1.807, 2.05) is 5.32 Å². The van der Waals surface area contributed by atoms with Gasteiger partial charge >= 0.3 is 12.1 Å². The number of rotatable bonds is 6. The second-order valence-electron chi connectivity index (χ2n) is 6.00. The third-order valence-electron chi connectivity index (χ3n) is 3.86. The van der Waals surface area contributed by atoms with Gasteiger partial charge in [0.1, 0.15) is 19.0 Å². The number of hydrogen-bond acceptors (Lipinski definition) is 5. The molecular formula is C19H14F4N4O3. The zero-order valence-corrected chi connectivity index (χ0v) is 15.2. The summed E-state index contributed by atoms with van der Waals surface area (Å²) in [6, 6.07) is 12.7. The highest BCUT2D eigenvalue weighted by Crippen LogP contribution is 2.32. The van der Waals surface area contributed by atoms with Gasteiger partial charge < -0.3 is 10.1 Å². The maximum atomic E-state index is 13.5. The summed E-state index contributed by atoms with van der Waals surface area (Å²) in [5, 5.41) is 8.67. The Hall–Kier alpha value is -3.76. The molecule has 0 bridgehead atoms. The third-order valence-corrected chi connectivity index (χ3v) is 3.86. The minimum atomic E-state index is -4.99. The van der Waals surface area contributed by atoms with Crippen molar-refractivity contribution in [3.63, 3.8) is 0 Å². The SMILES string of the molecule is O=C(CNC(=O)c1nnn(-c2ccc(F)cc2)c1C(F)(F)F)OCc1ccccc1. The Morgan fingerprint density at radius 2 is 1.70 bits per heavy atom. The molecule has 30 heavy (non-hydrogen) atoms. The Kier molecular flexibility index (Phi) is 6.09. The van der Waals surface area contributed by atoms with E-state index in [1.165, 1.54) is 0 Å². The molecule has 0 saturated heterocycles. The van der Waals surface area contributed by atoms with E-state index < -0.39 is 41.8 Å². The van der Waals surface area contributed by atoms with E-state index in [2.05, 4.69) is 10.3 Å². The molecule has 1 heterocycles. The molecule has 156 valence electrons. The van der Waals surface area contributed by atoms with Gasteiger partial charge in [0, 0.05) is 0 Å². The van der Waals surface area contributed by atoms with Crippen LogP contribution in [-0.2, 0) is 22.3 Å². The molecule has 1 aromatic heterocycles. The van der Waals surface area contributed by atoms with Crippen molar-refractivity contribution in [1.82, 2.24) is 20.3 Å². The van der Waals surface area contributed by atoms with Crippen LogP contribution in [0.1, 0.15) is 21.7 Å². The van der Waals surface area contributed by atoms with Crippen molar-refractivity contribution in [2.24, 2.45) is 0 Å². The first-order chi connectivity index (χ1) is 14.3. The van der Waals surface area contributed by atoms with Crippen LogP contribution in [-0.4, -0.2) is 33.4 Å². The lowest BCUT2D eigenvalue weighted by atomic mass is 10.2. The lowest BCUT2D eigenvalue weighted by Gasteiger charge is -2.11. The smallest absolute Gasteiger partial charge is 0.435 e. The summed E-state index contributed by atoms with van der Waals surface area (Å²) in [7, 11) is 0. The number of alkyl halides is 3. The quantitative estimate of drug-likeness (QED) is 0.488. The highest BCUT2D eigenvalue weighted by atomic mass is 19.4. The largest absolute Gasteiger partial charge is 0.460 e. The molecule has 0 aliphatic heterocycles. The topological polar surface area (TPSA) is 86.1 Å². The molecule has 0 radical (unpaired) electrons. The molecule has 0 aliphatic rings. The van der Waals surface area contributed by atoms with Crippen molar-refractivity contribution in [1.29, 1.82) is 0 Å². The van der Waals surface area contributed by atoms with Crippen LogP contribution in [0.25, 0.3) is 5.69 Å². The minimum absolute atomic E-state index is 0.0515. The lowest BCUT2D eigenvalue weighted by Crippen LogP contribution is -2.32. The van der Waals surface area contributed by atoms with E-state index in [0.717, 1.165) is 24.3 Å². The van der Waals surface area contributed by atoms with Crippen LogP contribution >= 0.6 is 0 Å². The van der Waals surface area contributed by atoms with Crippen LogP contribution in [0.4, 0.5) is 17.6 Å². The average molecular weight is 422 g/mol. The Balaban J connectivity index is 1.71. The van der Waals surface area contributed by atoms with Gasteiger partial charge in [-0.05, 0) is 29.8 Å². The molecule has 0 atom stereocenters. The number of benzene rings is 2. The van der Waals surface area contributed by atoms with Gasteiger partial charge in [-0.3, -0.25) is 9.59 Å². The van der Waals surface area contributed by atoms with Gasteiger partial charge in [-0.15, -0.1) is 5.10 Å². The number of carbonyl (C=O) groups excluding carboxylic acids is 2. The Morgan fingerprint density at radius 1 is 1.03 bits per heavy atom. The number of ether oxygens (including phenoxy) is 1. The van der Waals surface area contributed by atoms with E-state index in [1.54, 1.807) is 30.3 Å². The molecule has 0 saturated carbocycles. The molecule has 7 nitrogen and oxygen atoms in total. The summed E-state index contributed by atoms with van der Waals surface area (Å²) in [5.74, 6) is -2.75. The van der Waals surface area contributed by atoms with Gasteiger partial charge in [0.05, 0.1) is 5.69 Å². The second-order valence-corrected chi connectivity index (χ2v) is 6.00. The van der Waals surface area contributed by atoms with Gasteiger partial charge in [-0.25, -0.2) is 9.07 Å². The molecule has 0 spiro atoms. The predicted molar refractivity (Wildman–Crippen MR) is 94.9 cm³/mol. The molecule has 3 aromatic rings. The molecule has 2 aromatic carbocycles. The number of esters is 1. The molecule has 0 fully saturated rings. The monoisotopic (exact) mass is 422 g/mol. The molecule has 1 N–H and O–H groups in total. The Labute approximate surface area is 167 Å². The van der Waals surface area contributed by atoms with E-state index in [0.29, 0.717) is 10.2 Å². The van der Waals surface area contributed by atoms with E-state index in [4.69, 9.17) is 4.74 Å². The Morgan fingerprint density at radius 3 is 2.33 bits per heavy atom. The number of nitrogens with zero attached hydrogens (tertiary/aromatic N) is 3. The van der Waals surface area contributed by atoms with Crippen molar-refractivity contribution >= 4 is 11.9 Å². The van der Waals surface area contributed by atoms with Crippen LogP contribution in [0.2, 0.25) is 0 Å². The van der Waals surface area contributed by atoms with Gasteiger partial charge in [-0.1, -0.05) is 35.5 Å². The Bertz CT molecular complexity index is 1030. The second kappa shape index (κ2) is 8.72. The number of nitrogens with one attached hydrogen (secondary N) is 1. The van der Waals surface area contributed by atoms with Crippen LogP contribution in [0.15, 0.2) is 54.6 Å². The maximum Gasteiger partial charge on any atom is 0.435 e. The van der Waals surface area contributed by atoms with Crippen LogP contribution in [0, 0.1) is 5.82 Å². The summed E-state index contributed by atoms with van der Waals surface area (Å²) in [4.78, 5) is 24.0. The maximum absolute atomic E-state index is 13.5. The van der Waals surface area contributed by atoms with Gasteiger partial charge in [0.15, 0.2) is 11.4 Å². The molecule has 1 amide bonds. The highest BCUT2D eigenvalue weighted by molar-refractivity contribution is 5.95. The molecular weight excluding hydrogens is 408 g/mol. The third kappa shape index (κ3) is 4.99. The van der Waals surface area contributed by atoms with Crippen molar-refractivity contribution in [3.8, 4) is 5.69 Å². The summed E-state index contributed by atoms with van der Waals surface area (Å²) >= 11 is 0. The van der Waals surface area contributed by atoms with Crippen LogP contribution in [0.5, 0.6) is 0 Å². The number of halogens is 4. The first-order valence-corrected chi connectivity index (χ1v) is 8.52. The fraction of sp³-hybridized carbons (Fsp3) is 0.158. The standard InChI is InChI=1S/C19H14F4N4O3/c20-13-6-8-14(9-7-13)27-17(19(21,22)23)16(25-26-27)18(29)24-10-15(28)30-11-12-4-2-1-3-5-12/h1-9H,10-11H2,(H,24,29). The number of aromatic nitrogens is 3. The van der Waals surface area contributed by atoms with Gasteiger partial charge in [-0.2, -0.15) is 13.2 Å². The average Bonchev–Trinajstić information content (AvgIpc) is 3.17. The summed E-state index contributed by atoms with van der Waals surface area (Å²) in [5.41, 5.74) is -1.91. The normalized spacial score (nSPS) is 11.2. The zero-order valence-electron chi connectivity index (χ0n) is 15.2. The first-order valence-electron chi connectivity index (χ1n) is 8.52. The van der Waals surface area contributed by atoms with Crippen LogP contribution in [0.3, 0.4) is 0 Å². The van der Waals surface area contributed by atoms with Crippen molar-refractivity contribution in [2.45, 2.75) is 12.8 Å². The van der Waals surface area contributed by atoms with Crippen molar-refractivity contribution < 1.29 is 31.9 Å². The van der Waals surface area contributed by atoms with E-state index in [-0.39, 0.29) is 12.3 Å². The van der Waals surface area contributed by atoms with Gasteiger partial charge in [0.2, 0.25) is 0 Å². The number of carbonyl (C=O) groups is 2. The van der Waals surface area contributed by atoms with Crippen molar-refractivity contribution in [2.75, 3.05) is 6.54 Å². The molecule has 11 heteroatoms. The summed E-state index contributed by atoms with van der Waals surface area (Å²) in [6.45, 7) is -0.712. The molecule has 0 unspecified atom stereocenters. The van der Waals surface area contributed by atoms with E-state index >= 15 is 0 Å². The summed E-state index contributed by atoms with van der Waals surface area (Å²) in [6.07, 6.45) is -4.99. The summed E-state index contributed by atoms with van der Waals surface area (Å²) < 4.78 is 58.9. The minimum Gasteiger partial charge on any atom is -0.460 e. The molecule has 0 aliphatic carbocycles. The highest BCUT2D eigenvalue weighted by Gasteiger charge is 2.42. The predicted octanol–water partition coefficient (Wildman–Crippen LogP) is 2.90. The molecule has 3 rings (SSSR count). The van der Waals surface area contributed by atoms with Crippen LogP contribution < -0.4 is 5.32 Å². The number of amides is 1. The van der Waals surface area contributed by atoms with E-state index in [9.17, 15) is 27.2 Å². The first kappa shape index (κ1) is 21.0. The fourth-order valence-electron chi connectivity index (χ4n) is 2.48. The van der Waals surface area contributed by atoms with Gasteiger partial charge in [0.25, 0.3) is 5.91 Å². The number of hydrogen-bond donors (Lipinski definition) is 1. The van der Waals surface area contributed by atoms with Crippen molar-refractivity contribution in [3.05, 3.63) is 77.4 Å². The lowest BCUT2D eigenvalue weighted by molar-refractivity contribution is -0.143.